The summed E-state index contributed by atoms with van der Waals surface area (Å²) in [6.07, 6.45) is 4.17. The number of fused-ring (bicyclic) bond motifs is 3. The zero-order valence-electron chi connectivity index (χ0n) is 7.95. The van der Waals surface area contributed by atoms with Gasteiger partial charge in [-0.05, 0) is 38.5 Å². The van der Waals surface area contributed by atoms with E-state index in [2.05, 4.69) is 0 Å². The third kappa shape index (κ3) is 1.35. The third-order valence-electron chi connectivity index (χ3n) is 3.72. The Bertz CT molecular complexity index is 202. The summed E-state index contributed by atoms with van der Waals surface area (Å²) in [6.45, 7) is 2.55. The van der Waals surface area contributed by atoms with Crippen molar-refractivity contribution in [2.24, 2.45) is 11.8 Å². The molecule has 0 radical (unpaired) electrons. The molecule has 1 N–H and O–H groups in total. The number of hydrogen-bond acceptors (Lipinski definition) is 2. The fraction of sp³-hybridized carbons (Fsp3) is 0.900. The highest BCUT2D eigenvalue weighted by Crippen LogP contribution is 2.45. The Hall–Kier alpha value is -0.570. The lowest BCUT2D eigenvalue weighted by molar-refractivity contribution is -0.187. The Labute approximate surface area is 78.1 Å². The molecule has 13 heavy (non-hydrogen) atoms. The molecule has 3 heteroatoms. The molecule has 2 aliphatic heterocycles. The van der Waals surface area contributed by atoms with Gasteiger partial charge < -0.3 is 9.84 Å². The van der Waals surface area contributed by atoms with Gasteiger partial charge in [0.2, 0.25) is 0 Å². The molecule has 0 aromatic carbocycles. The average Bonchev–Trinajstić information content (AvgIpc) is 2.19. The van der Waals surface area contributed by atoms with Crippen molar-refractivity contribution in [1.29, 1.82) is 0 Å². The minimum atomic E-state index is -0.722. The standard InChI is InChI=1S/C10H16O3/c1-7(9(11)12)10-4-2-8(3-5-10)6-13-10/h7-8H,2-6H2,1H3,(H,11,12). The van der Waals surface area contributed by atoms with Crippen LogP contribution in [0.4, 0.5) is 0 Å². The van der Waals surface area contributed by atoms with Gasteiger partial charge in [0.05, 0.1) is 18.1 Å². The van der Waals surface area contributed by atoms with Gasteiger partial charge in [0, 0.05) is 0 Å². The first kappa shape index (κ1) is 9.00. The Morgan fingerprint density at radius 1 is 1.54 bits per heavy atom. The predicted molar refractivity (Wildman–Crippen MR) is 47.4 cm³/mol. The van der Waals surface area contributed by atoms with Crippen LogP contribution in [0.3, 0.4) is 0 Å². The summed E-state index contributed by atoms with van der Waals surface area (Å²) in [5.41, 5.74) is -0.333. The zero-order chi connectivity index (χ0) is 9.47. The van der Waals surface area contributed by atoms with E-state index in [-0.39, 0.29) is 11.5 Å². The second kappa shape index (κ2) is 2.98. The smallest absolute Gasteiger partial charge is 0.309 e. The predicted octanol–water partition coefficient (Wildman–Crippen LogP) is 1.67. The molecule has 2 bridgehead atoms. The molecular weight excluding hydrogens is 168 g/mol. The summed E-state index contributed by atoms with van der Waals surface area (Å²) < 4.78 is 5.71. The second-order valence-corrected chi connectivity index (χ2v) is 4.38. The maximum Gasteiger partial charge on any atom is 0.309 e. The van der Waals surface area contributed by atoms with Gasteiger partial charge in [-0.25, -0.2) is 0 Å². The summed E-state index contributed by atoms with van der Waals surface area (Å²) in [6, 6.07) is 0. The molecule has 1 saturated carbocycles. The number of ether oxygens (including phenoxy) is 1. The Kier molecular flexibility index (Phi) is 2.06. The highest BCUT2D eigenvalue weighted by Gasteiger charge is 2.47. The number of carbonyl (C=O) groups is 1. The van der Waals surface area contributed by atoms with E-state index in [1.54, 1.807) is 6.92 Å². The van der Waals surface area contributed by atoms with Crippen molar-refractivity contribution in [3.63, 3.8) is 0 Å². The lowest BCUT2D eigenvalue weighted by atomic mass is 9.70. The number of rotatable bonds is 2. The van der Waals surface area contributed by atoms with E-state index >= 15 is 0 Å². The quantitative estimate of drug-likeness (QED) is 0.710. The van der Waals surface area contributed by atoms with Gasteiger partial charge in [-0.2, -0.15) is 0 Å². The van der Waals surface area contributed by atoms with Crippen molar-refractivity contribution in [1.82, 2.24) is 0 Å². The summed E-state index contributed by atoms with van der Waals surface area (Å²) in [5, 5.41) is 8.97. The number of hydrogen-bond donors (Lipinski definition) is 1. The normalized spacial score (nSPS) is 40.2. The van der Waals surface area contributed by atoms with Crippen LogP contribution in [0.2, 0.25) is 0 Å². The lowest BCUT2D eigenvalue weighted by Gasteiger charge is -2.48. The third-order valence-corrected chi connectivity index (χ3v) is 3.72. The van der Waals surface area contributed by atoms with E-state index in [4.69, 9.17) is 9.84 Å². The first-order valence-electron chi connectivity index (χ1n) is 5.01. The number of carboxylic acids is 1. The van der Waals surface area contributed by atoms with E-state index in [1.165, 1.54) is 0 Å². The van der Waals surface area contributed by atoms with Gasteiger partial charge >= 0.3 is 5.97 Å². The minimum absolute atomic E-state index is 0.333. The first-order valence-corrected chi connectivity index (χ1v) is 5.01. The van der Waals surface area contributed by atoms with E-state index in [9.17, 15) is 4.79 Å². The number of aliphatic carboxylic acids is 1. The van der Waals surface area contributed by atoms with Crippen LogP contribution in [0.15, 0.2) is 0 Å². The van der Waals surface area contributed by atoms with Crippen LogP contribution in [0.5, 0.6) is 0 Å². The van der Waals surface area contributed by atoms with Gasteiger partial charge in [-0.1, -0.05) is 0 Å². The fourth-order valence-corrected chi connectivity index (χ4v) is 2.54. The molecule has 0 aromatic heterocycles. The largest absolute Gasteiger partial charge is 0.481 e. The summed E-state index contributed by atoms with van der Waals surface area (Å²) in [4.78, 5) is 10.9. The SMILES string of the molecule is CC(C(=O)O)C12CCC(CC1)CO2. The highest BCUT2D eigenvalue weighted by atomic mass is 16.5. The van der Waals surface area contributed by atoms with E-state index in [0.29, 0.717) is 5.92 Å². The summed E-state index contributed by atoms with van der Waals surface area (Å²) in [7, 11) is 0. The maximum absolute atomic E-state index is 10.9. The van der Waals surface area contributed by atoms with Crippen molar-refractivity contribution < 1.29 is 14.6 Å². The van der Waals surface area contributed by atoms with Crippen LogP contribution < -0.4 is 0 Å². The van der Waals surface area contributed by atoms with Crippen LogP contribution in [0.1, 0.15) is 32.6 Å². The van der Waals surface area contributed by atoms with Crippen molar-refractivity contribution in [3.8, 4) is 0 Å². The van der Waals surface area contributed by atoms with Crippen molar-refractivity contribution in [3.05, 3.63) is 0 Å². The molecule has 0 spiro atoms. The van der Waals surface area contributed by atoms with Gasteiger partial charge in [0.15, 0.2) is 0 Å². The van der Waals surface area contributed by atoms with E-state index < -0.39 is 5.97 Å². The average molecular weight is 184 g/mol. The molecule has 1 aliphatic carbocycles. The molecule has 3 nitrogen and oxygen atoms in total. The molecule has 3 fully saturated rings. The monoisotopic (exact) mass is 184 g/mol. The van der Waals surface area contributed by atoms with Crippen molar-refractivity contribution >= 4 is 5.97 Å². The molecule has 2 heterocycles. The van der Waals surface area contributed by atoms with Crippen molar-refractivity contribution in [2.45, 2.75) is 38.2 Å². The first-order chi connectivity index (χ1) is 6.14. The van der Waals surface area contributed by atoms with Crippen molar-refractivity contribution in [2.75, 3.05) is 6.61 Å². The molecule has 0 amide bonds. The van der Waals surface area contributed by atoms with Crippen LogP contribution in [-0.2, 0) is 9.53 Å². The van der Waals surface area contributed by atoms with Gasteiger partial charge in [-0.15, -0.1) is 0 Å². The molecule has 3 rings (SSSR count). The molecule has 2 saturated heterocycles. The van der Waals surface area contributed by atoms with E-state index in [1.807, 2.05) is 0 Å². The van der Waals surface area contributed by atoms with Gasteiger partial charge in [0.1, 0.15) is 0 Å². The van der Waals surface area contributed by atoms with E-state index in [0.717, 1.165) is 32.3 Å². The summed E-state index contributed by atoms with van der Waals surface area (Å²) >= 11 is 0. The van der Waals surface area contributed by atoms with Crippen LogP contribution in [-0.4, -0.2) is 23.3 Å². The Morgan fingerprint density at radius 2 is 2.15 bits per heavy atom. The fourth-order valence-electron chi connectivity index (χ4n) is 2.54. The van der Waals surface area contributed by atoms with Crippen LogP contribution in [0, 0.1) is 11.8 Å². The molecule has 3 aliphatic rings. The second-order valence-electron chi connectivity index (χ2n) is 4.38. The van der Waals surface area contributed by atoms with Crippen LogP contribution >= 0.6 is 0 Å². The summed E-state index contributed by atoms with van der Waals surface area (Å²) in [5.74, 6) is -0.378. The maximum atomic E-state index is 10.9. The molecule has 1 atom stereocenters. The zero-order valence-corrected chi connectivity index (χ0v) is 7.95. The molecule has 0 aromatic rings. The van der Waals surface area contributed by atoms with Crippen LogP contribution in [0.25, 0.3) is 0 Å². The lowest BCUT2D eigenvalue weighted by Crippen LogP contribution is -2.51. The highest BCUT2D eigenvalue weighted by molar-refractivity contribution is 5.71. The van der Waals surface area contributed by atoms with Gasteiger partial charge in [0.25, 0.3) is 0 Å². The Morgan fingerprint density at radius 3 is 2.54 bits per heavy atom. The number of carboxylic acid groups (broad SMARTS) is 1. The molecule has 1 unspecified atom stereocenters. The van der Waals surface area contributed by atoms with Gasteiger partial charge in [-0.3, -0.25) is 4.79 Å². The topological polar surface area (TPSA) is 46.5 Å². The Balaban J connectivity index is 2.14. The minimum Gasteiger partial charge on any atom is -0.481 e. The molecule has 74 valence electrons. The molecular formula is C10H16O3.